The van der Waals surface area contributed by atoms with E-state index in [1.165, 1.54) is 43.9 Å². The molecule has 4 rings (SSSR count). The number of hydrogen-bond acceptors (Lipinski definition) is 10. The first-order valence-corrected chi connectivity index (χ1v) is 14.8. The monoisotopic (exact) mass is 594 g/mol. The largest absolute Gasteiger partial charge is 0.340 e. The molecule has 10 nitrogen and oxygen atoms in total. The number of piperazine rings is 1. The smallest absolute Gasteiger partial charge is 0.229 e. The van der Waals surface area contributed by atoms with Crippen LogP contribution in [0.1, 0.15) is 19.4 Å². The fourth-order valence-electron chi connectivity index (χ4n) is 4.00. The zero-order valence-electron chi connectivity index (χ0n) is 21.8. The topological polar surface area (TPSA) is 109 Å². The van der Waals surface area contributed by atoms with E-state index in [1.807, 2.05) is 13.8 Å². The number of fused-ring (bicyclic) bond motifs is 1. The van der Waals surface area contributed by atoms with Gasteiger partial charge in [-0.3, -0.25) is 9.62 Å². The van der Waals surface area contributed by atoms with Gasteiger partial charge in [-0.05, 0) is 44.2 Å². The number of anilines is 3. The molecular weight excluding hydrogens is 567 g/mol. The number of benzene rings is 2. The minimum atomic E-state index is -3.62. The van der Waals surface area contributed by atoms with Gasteiger partial charge in [0.25, 0.3) is 0 Å². The molecule has 2 heterocycles. The molecule has 208 valence electrons. The lowest BCUT2D eigenvalue weighted by Gasteiger charge is -2.40. The summed E-state index contributed by atoms with van der Waals surface area (Å²) in [6.45, 7) is 7.12. The van der Waals surface area contributed by atoms with Crippen molar-refractivity contribution in [1.82, 2.24) is 19.2 Å². The SMILES string of the molecule is COOSN1CCN(C(C)(C)C#Cc2cc3ncnc(Nc4ccc(F)c(Cl)c4)c3cc2NS(C)(=O)=O)CC1. The van der Waals surface area contributed by atoms with E-state index in [4.69, 9.17) is 15.9 Å². The van der Waals surface area contributed by atoms with E-state index in [9.17, 15) is 12.8 Å². The van der Waals surface area contributed by atoms with Crippen molar-refractivity contribution in [3.8, 4) is 11.8 Å². The van der Waals surface area contributed by atoms with Crippen LogP contribution in [0, 0.1) is 17.7 Å². The van der Waals surface area contributed by atoms with E-state index in [1.54, 1.807) is 12.1 Å². The molecule has 2 aromatic carbocycles. The molecule has 1 aliphatic heterocycles. The summed E-state index contributed by atoms with van der Waals surface area (Å²) < 4.78 is 47.6. The highest BCUT2D eigenvalue weighted by molar-refractivity contribution is 7.92. The highest BCUT2D eigenvalue weighted by atomic mass is 35.5. The molecule has 0 aliphatic carbocycles. The van der Waals surface area contributed by atoms with E-state index in [2.05, 4.69) is 45.9 Å². The fourth-order valence-corrected chi connectivity index (χ4v) is 5.20. The first-order chi connectivity index (χ1) is 18.4. The average molecular weight is 595 g/mol. The molecule has 1 saturated heterocycles. The maximum atomic E-state index is 13.6. The number of halogens is 2. The van der Waals surface area contributed by atoms with Crippen LogP contribution in [0.2, 0.25) is 5.02 Å². The summed E-state index contributed by atoms with van der Waals surface area (Å²) >= 11 is 7.09. The van der Waals surface area contributed by atoms with Crippen molar-refractivity contribution in [1.29, 1.82) is 0 Å². The van der Waals surface area contributed by atoms with Crippen molar-refractivity contribution in [3.05, 3.63) is 53.1 Å². The highest BCUT2D eigenvalue weighted by Gasteiger charge is 2.29. The molecule has 0 amide bonds. The third kappa shape index (κ3) is 7.70. The summed E-state index contributed by atoms with van der Waals surface area (Å²) in [6, 6.07) is 7.55. The number of nitrogens with zero attached hydrogens (tertiary/aromatic N) is 4. The Labute approximate surface area is 236 Å². The predicted octanol–water partition coefficient (Wildman–Crippen LogP) is 4.43. The minimum absolute atomic E-state index is 0.0403. The lowest BCUT2D eigenvalue weighted by molar-refractivity contribution is -0.164. The van der Waals surface area contributed by atoms with Crippen LogP contribution < -0.4 is 10.0 Å². The number of rotatable bonds is 8. The minimum Gasteiger partial charge on any atom is -0.340 e. The van der Waals surface area contributed by atoms with Gasteiger partial charge in [0.2, 0.25) is 10.0 Å². The van der Waals surface area contributed by atoms with E-state index in [0.717, 1.165) is 32.4 Å². The Bertz CT molecular complexity index is 1520. The molecule has 1 aliphatic rings. The predicted molar refractivity (Wildman–Crippen MR) is 152 cm³/mol. The van der Waals surface area contributed by atoms with Gasteiger partial charge < -0.3 is 5.32 Å². The number of hydrogen-bond donors (Lipinski definition) is 2. The van der Waals surface area contributed by atoms with Gasteiger partial charge >= 0.3 is 0 Å². The third-order valence-corrected chi connectivity index (χ3v) is 7.64. The van der Waals surface area contributed by atoms with Gasteiger partial charge in [0.1, 0.15) is 30.2 Å². The van der Waals surface area contributed by atoms with Gasteiger partial charge in [-0.2, -0.15) is 0 Å². The molecule has 0 unspecified atom stereocenters. The number of nitrogens with one attached hydrogen (secondary N) is 2. The van der Waals surface area contributed by atoms with Gasteiger partial charge in [-0.25, -0.2) is 32.0 Å². The zero-order chi connectivity index (χ0) is 28.2. The van der Waals surface area contributed by atoms with Crippen LogP contribution in [0.15, 0.2) is 36.7 Å². The van der Waals surface area contributed by atoms with Gasteiger partial charge in [0, 0.05) is 37.3 Å². The lowest BCUT2D eigenvalue weighted by Crippen LogP contribution is -2.52. The average Bonchev–Trinajstić information content (AvgIpc) is 2.88. The third-order valence-electron chi connectivity index (χ3n) is 5.99. The molecule has 39 heavy (non-hydrogen) atoms. The van der Waals surface area contributed by atoms with Gasteiger partial charge in [0.15, 0.2) is 0 Å². The Balaban J connectivity index is 1.66. The summed E-state index contributed by atoms with van der Waals surface area (Å²) in [4.78, 5) is 15.6. The van der Waals surface area contributed by atoms with Crippen molar-refractivity contribution < 1.29 is 22.0 Å². The van der Waals surface area contributed by atoms with Crippen LogP contribution >= 0.6 is 23.8 Å². The van der Waals surface area contributed by atoms with Gasteiger partial charge in [0.05, 0.1) is 40.7 Å². The second-order valence-corrected chi connectivity index (χ2v) is 12.3. The Hall–Kier alpha value is -2.70. The summed E-state index contributed by atoms with van der Waals surface area (Å²) in [7, 11) is -2.15. The van der Waals surface area contributed by atoms with E-state index >= 15 is 0 Å². The molecule has 3 aromatic rings. The first-order valence-electron chi connectivity index (χ1n) is 11.8. The molecule has 0 saturated carbocycles. The molecule has 2 N–H and O–H groups in total. The highest BCUT2D eigenvalue weighted by Crippen LogP contribution is 2.30. The summed E-state index contributed by atoms with van der Waals surface area (Å²) in [5, 5.41) is 3.60. The van der Waals surface area contributed by atoms with Crippen LogP contribution in [0.25, 0.3) is 10.9 Å². The molecule has 1 aromatic heterocycles. The first kappa shape index (κ1) is 29.3. The normalized spacial score (nSPS) is 15.1. The summed E-state index contributed by atoms with van der Waals surface area (Å²) in [5.74, 6) is 6.34. The molecule has 0 spiro atoms. The fraction of sp³-hybridized carbons (Fsp3) is 0.360. The van der Waals surface area contributed by atoms with Crippen LogP contribution in [-0.2, 0) is 19.2 Å². The van der Waals surface area contributed by atoms with Crippen molar-refractivity contribution in [2.45, 2.75) is 19.4 Å². The number of sulfonamides is 1. The van der Waals surface area contributed by atoms with Crippen LogP contribution in [0.4, 0.5) is 21.6 Å². The maximum absolute atomic E-state index is 13.6. The zero-order valence-corrected chi connectivity index (χ0v) is 24.2. The van der Waals surface area contributed by atoms with Gasteiger partial charge in [-0.15, -0.1) is 4.33 Å². The standard InChI is InChI=1S/C25H28ClFN6O4S2/c1-25(2,32-9-11-33(12-10-32)38-37-36-3)8-7-17-13-23-19(15-22(17)31-39(4,34)35)24(29-16-28-23)30-18-5-6-21(27)20(26)14-18/h5-6,13-16,31H,9-12H2,1-4H3,(H,28,29,30). The molecule has 0 atom stereocenters. The molecular formula is C25H28ClFN6O4S2. The van der Waals surface area contributed by atoms with Crippen LogP contribution in [0.3, 0.4) is 0 Å². The van der Waals surface area contributed by atoms with E-state index in [-0.39, 0.29) is 5.02 Å². The second-order valence-electron chi connectivity index (χ2n) is 9.30. The van der Waals surface area contributed by atoms with Crippen molar-refractivity contribution in [3.63, 3.8) is 0 Å². The molecule has 0 radical (unpaired) electrons. The molecule has 0 bridgehead atoms. The Morgan fingerprint density at radius 1 is 1.15 bits per heavy atom. The summed E-state index contributed by atoms with van der Waals surface area (Å²) in [5.41, 5.74) is 1.33. The Kier molecular flexibility index (Phi) is 9.18. The lowest BCUT2D eigenvalue weighted by atomic mass is 10.0. The number of aromatic nitrogens is 2. The summed E-state index contributed by atoms with van der Waals surface area (Å²) in [6.07, 6.45) is 2.45. The van der Waals surface area contributed by atoms with Crippen molar-refractivity contribution in [2.75, 3.05) is 49.6 Å². The van der Waals surface area contributed by atoms with Crippen LogP contribution in [-0.4, -0.2) is 72.7 Å². The maximum Gasteiger partial charge on any atom is 0.229 e. The molecule has 1 fully saturated rings. The van der Waals surface area contributed by atoms with E-state index in [0.29, 0.717) is 33.7 Å². The van der Waals surface area contributed by atoms with Crippen LogP contribution in [0.5, 0.6) is 0 Å². The van der Waals surface area contributed by atoms with Gasteiger partial charge in [-0.1, -0.05) is 23.4 Å². The Morgan fingerprint density at radius 3 is 2.56 bits per heavy atom. The Morgan fingerprint density at radius 2 is 1.90 bits per heavy atom. The molecule has 14 heteroatoms. The van der Waals surface area contributed by atoms with Crippen molar-refractivity contribution in [2.24, 2.45) is 0 Å². The second kappa shape index (κ2) is 12.2. The van der Waals surface area contributed by atoms with Crippen molar-refractivity contribution >= 4 is 61.9 Å². The van der Waals surface area contributed by atoms with E-state index < -0.39 is 21.4 Å². The quantitative estimate of drug-likeness (QED) is 0.128.